The molecule has 1 atom stereocenters. The molecule has 1 aromatic carbocycles. The van der Waals surface area contributed by atoms with E-state index < -0.39 is 5.60 Å². The second kappa shape index (κ2) is 4.23. The molecule has 0 spiro atoms. The third kappa shape index (κ3) is 2.32. The van der Waals surface area contributed by atoms with Gasteiger partial charge in [0.1, 0.15) is 0 Å². The highest BCUT2D eigenvalue weighted by molar-refractivity contribution is 5.90. The van der Waals surface area contributed by atoms with Crippen LogP contribution >= 0.6 is 0 Å². The monoisotopic (exact) mass is 229 g/mol. The molecule has 1 aliphatic heterocycles. The van der Waals surface area contributed by atoms with Crippen LogP contribution in [-0.2, 0) is 4.79 Å². The third-order valence-corrected chi connectivity index (χ3v) is 2.94. The van der Waals surface area contributed by atoms with Crippen molar-refractivity contribution in [1.29, 1.82) is 0 Å². The van der Waals surface area contributed by atoms with Gasteiger partial charge in [-0.3, -0.25) is 4.79 Å². The van der Waals surface area contributed by atoms with Crippen LogP contribution in [0.3, 0.4) is 0 Å². The molecule has 0 saturated carbocycles. The number of nitrogens with zero attached hydrogens (tertiary/aromatic N) is 1. The number of benzene rings is 1. The molecule has 1 saturated heterocycles. The molecule has 1 heterocycles. The van der Waals surface area contributed by atoms with E-state index in [-0.39, 0.29) is 5.91 Å². The molecule has 3 heteroatoms. The number of likely N-dealkylation sites (tertiary alicyclic amines) is 1. The van der Waals surface area contributed by atoms with Crippen molar-refractivity contribution in [2.45, 2.75) is 18.9 Å². The van der Waals surface area contributed by atoms with Crippen LogP contribution in [0.2, 0.25) is 0 Å². The summed E-state index contributed by atoms with van der Waals surface area (Å²) in [7, 11) is 1.68. The van der Waals surface area contributed by atoms with Gasteiger partial charge in [0.05, 0.1) is 0 Å². The number of hydrogen-bond acceptors (Lipinski definition) is 2. The number of hydrogen-bond donors (Lipinski definition) is 1. The Bertz CT molecular complexity index is 512. The van der Waals surface area contributed by atoms with Gasteiger partial charge < -0.3 is 10.0 Å². The Kier molecular flexibility index (Phi) is 2.91. The fourth-order valence-electron chi connectivity index (χ4n) is 1.87. The van der Waals surface area contributed by atoms with Gasteiger partial charge in [-0.05, 0) is 24.6 Å². The standard InChI is InChI=1S/C14H15NO2/c1-11-4-3-5-12(10-11)6-7-14(17)8-9-15(2)13(14)16/h3-5,10,17H,8-9H2,1-2H3/t14-/m0/s1. The summed E-state index contributed by atoms with van der Waals surface area (Å²) in [5.74, 6) is 5.26. The van der Waals surface area contributed by atoms with E-state index in [1.807, 2.05) is 31.2 Å². The normalized spacial score (nSPS) is 23.5. The summed E-state index contributed by atoms with van der Waals surface area (Å²) in [5, 5.41) is 10.1. The summed E-state index contributed by atoms with van der Waals surface area (Å²) in [6.07, 6.45) is 0.376. The predicted molar refractivity (Wildman–Crippen MR) is 65.3 cm³/mol. The van der Waals surface area contributed by atoms with Crippen LogP contribution in [0, 0.1) is 18.8 Å². The van der Waals surface area contributed by atoms with Crippen LogP contribution in [-0.4, -0.2) is 35.1 Å². The smallest absolute Gasteiger partial charge is 0.267 e. The van der Waals surface area contributed by atoms with E-state index in [2.05, 4.69) is 11.8 Å². The van der Waals surface area contributed by atoms with Gasteiger partial charge in [0.25, 0.3) is 5.91 Å². The minimum Gasteiger partial charge on any atom is -0.369 e. The van der Waals surface area contributed by atoms with E-state index in [4.69, 9.17) is 0 Å². The first-order valence-electron chi connectivity index (χ1n) is 5.59. The Morgan fingerprint density at radius 1 is 1.47 bits per heavy atom. The number of carbonyl (C=O) groups is 1. The molecular weight excluding hydrogens is 214 g/mol. The Morgan fingerprint density at radius 2 is 2.24 bits per heavy atom. The minimum atomic E-state index is -1.50. The number of aryl methyl sites for hydroxylation is 1. The maximum absolute atomic E-state index is 11.7. The van der Waals surface area contributed by atoms with Crippen LogP contribution in [0.15, 0.2) is 24.3 Å². The van der Waals surface area contributed by atoms with Crippen molar-refractivity contribution < 1.29 is 9.90 Å². The van der Waals surface area contributed by atoms with Crippen molar-refractivity contribution in [3.8, 4) is 11.8 Å². The first kappa shape index (κ1) is 11.7. The topological polar surface area (TPSA) is 40.5 Å². The Morgan fingerprint density at radius 3 is 2.82 bits per heavy atom. The van der Waals surface area contributed by atoms with E-state index in [0.717, 1.165) is 11.1 Å². The molecule has 1 amide bonds. The molecule has 88 valence electrons. The molecule has 1 aliphatic rings. The minimum absolute atomic E-state index is 0.308. The number of likely N-dealkylation sites (N-methyl/N-ethyl adjacent to an activating group) is 1. The third-order valence-electron chi connectivity index (χ3n) is 2.94. The lowest BCUT2D eigenvalue weighted by Gasteiger charge is -2.13. The van der Waals surface area contributed by atoms with Crippen LogP contribution < -0.4 is 0 Å². The highest BCUT2D eigenvalue weighted by atomic mass is 16.3. The predicted octanol–water partition coefficient (Wildman–Crippen LogP) is 0.940. The van der Waals surface area contributed by atoms with Crippen molar-refractivity contribution in [1.82, 2.24) is 4.90 Å². The molecule has 17 heavy (non-hydrogen) atoms. The molecule has 2 rings (SSSR count). The van der Waals surface area contributed by atoms with Gasteiger partial charge >= 0.3 is 0 Å². The first-order chi connectivity index (χ1) is 8.01. The lowest BCUT2D eigenvalue weighted by molar-refractivity contribution is -0.137. The van der Waals surface area contributed by atoms with Crippen LogP contribution in [0.5, 0.6) is 0 Å². The molecule has 0 radical (unpaired) electrons. The largest absolute Gasteiger partial charge is 0.369 e. The summed E-state index contributed by atoms with van der Waals surface area (Å²) in [6.45, 7) is 2.53. The molecule has 0 bridgehead atoms. The van der Waals surface area contributed by atoms with Crippen molar-refractivity contribution in [2.24, 2.45) is 0 Å². The molecular formula is C14H15NO2. The quantitative estimate of drug-likeness (QED) is 0.673. The highest BCUT2D eigenvalue weighted by Gasteiger charge is 2.42. The molecule has 0 aliphatic carbocycles. The SMILES string of the molecule is Cc1cccc(C#C[C@]2(O)CCN(C)C2=O)c1. The van der Waals surface area contributed by atoms with Gasteiger partial charge in [-0.1, -0.05) is 24.0 Å². The number of carbonyl (C=O) groups excluding carboxylic acids is 1. The van der Waals surface area contributed by atoms with Crippen molar-refractivity contribution >= 4 is 5.91 Å². The van der Waals surface area contributed by atoms with Gasteiger partial charge in [0.2, 0.25) is 5.60 Å². The number of amides is 1. The maximum Gasteiger partial charge on any atom is 0.267 e. The van der Waals surface area contributed by atoms with E-state index >= 15 is 0 Å². The summed E-state index contributed by atoms with van der Waals surface area (Å²) in [5.41, 5.74) is 0.429. The van der Waals surface area contributed by atoms with Gasteiger partial charge in [-0.25, -0.2) is 0 Å². The fourth-order valence-corrected chi connectivity index (χ4v) is 1.87. The zero-order chi connectivity index (χ0) is 12.5. The van der Waals surface area contributed by atoms with Gasteiger partial charge in [-0.2, -0.15) is 0 Å². The van der Waals surface area contributed by atoms with Crippen molar-refractivity contribution in [3.63, 3.8) is 0 Å². The van der Waals surface area contributed by atoms with E-state index in [0.29, 0.717) is 13.0 Å². The highest BCUT2D eigenvalue weighted by Crippen LogP contribution is 2.20. The van der Waals surface area contributed by atoms with E-state index in [9.17, 15) is 9.90 Å². The molecule has 1 aromatic rings. The molecule has 0 aromatic heterocycles. The van der Waals surface area contributed by atoms with Gasteiger partial charge in [-0.15, -0.1) is 0 Å². The zero-order valence-electron chi connectivity index (χ0n) is 10.0. The summed E-state index contributed by atoms with van der Waals surface area (Å²) < 4.78 is 0. The van der Waals surface area contributed by atoms with Gasteiger partial charge in [0, 0.05) is 25.6 Å². The maximum atomic E-state index is 11.7. The Hall–Kier alpha value is -1.79. The fraction of sp³-hybridized carbons (Fsp3) is 0.357. The van der Waals surface area contributed by atoms with Gasteiger partial charge in [0.15, 0.2) is 0 Å². The number of aliphatic hydroxyl groups is 1. The lowest BCUT2D eigenvalue weighted by Crippen LogP contribution is -2.37. The summed E-state index contributed by atoms with van der Waals surface area (Å²) >= 11 is 0. The zero-order valence-corrected chi connectivity index (χ0v) is 10.0. The van der Waals surface area contributed by atoms with Crippen LogP contribution in [0.1, 0.15) is 17.5 Å². The summed E-state index contributed by atoms with van der Waals surface area (Å²) in [6, 6.07) is 7.69. The van der Waals surface area contributed by atoms with Crippen molar-refractivity contribution in [3.05, 3.63) is 35.4 Å². The van der Waals surface area contributed by atoms with Crippen LogP contribution in [0.4, 0.5) is 0 Å². The van der Waals surface area contributed by atoms with E-state index in [1.165, 1.54) is 4.90 Å². The molecule has 0 unspecified atom stereocenters. The second-order valence-electron chi connectivity index (χ2n) is 4.46. The van der Waals surface area contributed by atoms with Crippen LogP contribution in [0.25, 0.3) is 0 Å². The lowest BCUT2D eigenvalue weighted by atomic mass is 10.0. The summed E-state index contributed by atoms with van der Waals surface area (Å²) in [4.78, 5) is 13.2. The van der Waals surface area contributed by atoms with Crippen molar-refractivity contribution in [2.75, 3.05) is 13.6 Å². The Balaban J connectivity index is 2.25. The first-order valence-corrected chi connectivity index (χ1v) is 5.59. The average molecular weight is 229 g/mol. The molecule has 3 nitrogen and oxygen atoms in total. The average Bonchev–Trinajstić information content (AvgIpc) is 2.56. The molecule has 1 fully saturated rings. The molecule has 1 N–H and O–H groups in total. The Labute approximate surface area is 101 Å². The second-order valence-corrected chi connectivity index (χ2v) is 4.46. The number of rotatable bonds is 0. The van der Waals surface area contributed by atoms with E-state index in [1.54, 1.807) is 7.05 Å².